The average Bonchev–Trinajstić information content (AvgIpc) is 3.38. The summed E-state index contributed by atoms with van der Waals surface area (Å²) >= 11 is 3.41. The van der Waals surface area contributed by atoms with E-state index in [-0.39, 0.29) is 18.4 Å². The third-order valence-electron chi connectivity index (χ3n) is 5.26. The van der Waals surface area contributed by atoms with Crippen molar-refractivity contribution in [3.05, 3.63) is 75.5 Å². The van der Waals surface area contributed by atoms with Gasteiger partial charge in [-0.1, -0.05) is 39.3 Å². The average molecular weight is 537 g/mol. The highest BCUT2D eigenvalue weighted by molar-refractivity contribution is 9.10. The lowest BCUT2D eigenvalue weighted by atomic mass is 10.0. The van der Waals surface area contributed by atoms with Crippen molar-refractivity contribution in [3.63, 3.8) is 0 Å². The number of halogens is 4. The van der Waals surface area contributed by atoms with E-state index in [1.807, 2.05) is 24.3 Å². The van der Waals surface area contributed by atoms with Crippen molar-refractivity contribution in [2.45, 2.75) is 39.3 Å². The van der Waals surface area contributed by atoms with E-state index in [1.165, 1.54) is 16.8 Å². The van der Waals surface area contributed by atoms with Gasteiger partial charge in [0, 0.05) is 16.5 Å². The number of carbonyl (C=O) groups excluding carboxylic acids is 1. The molecule has 1 atom stereocenters. The van der Waals surface area contributed by atoms with Crippen LogP contribution in [-0.2, 0) is 22.5 Å². The molecule has 0 saturated heterocycles. The van der Waals surface area contributed by atoms with Gasteiger partial charge >= 0.3 is 6.18 Å². The maximum Gasteiger partial charge on any atom is 0.416 e. The Labute approximate surface area is 201 Å². The summed E-state index contributed by atoms with van der Waals surface area (Å²) in [7, 11) is 0. The van der Waals surface area contributed by atoms with Gasteiger partial charge in [-0.15, -0.1) is 0 Å². The van der Waals surface area contributed by atoms with E-state index in [1.54, 1.807) is 13.8 Å². The van der Waals surface area contributed by atoms with Gasteiger partial charge < -0.3 is 14.9 Å². The number of benzene rings is 2. The number of aromatic nitrogens is 2. The second-order valence-electron chi connectivity index (χ2n) is 7.68. The molecule has 0 aliphatic carbocycles. The molecule has 1 aliphatic rings. The van der Waals surface area contributed by atoms with Crippen LogP contribution in [0.5, 0.6) is 5.75 Å². The SMILES string of the molecule is Cc1nn(COc2cccc(C(F)(F)F)c2)c(C)c1NC(=O)C1CC(c2cccc(Br)c2)=NO1. The summed E-state index contributed by atoms with van der Waals surface area (Å²) in [6, 6.07) is 12.2. The number of alkyl halides is 3. The third kappa shape index (κ3) is 5.24. The summed E-state index contributed by atoms with van der Waals surface area (Å²) in [4.78, 5) is 18.1. The van der Waals surface area contributed by atoms with Gasteiger partial charge in [-0.05, 0) is 44.2 Å². The lowest BCUT2D eigenvalue weighted by molar-refractivity contribution is -0.137. The summed E-state index contributed by atoms with van der Waals surface area (Å²) in [6.45, 7) is 3.31. The summed E-state index contributed by atoms with van der Waals surface area (Å²) in [5.41, 5.74) is 2.33. The van der Waals surface area contributed by atoms with Crippen LogP contribution in [0.15, 0.2) is 58.2 Å². The summed E-state index contributed by atoms with van der Waals surface area (Å²) < 4.78 is 46.6. The van der Waals surface area contributed by atoms with Crippen LogP contribution in [0, 0.1) is 13.8 Å². The zero-order chi connectivity index (χ0) is 24.5. The normalized spacial score (nSPS) is 15.6. The van der Waals surface area contributed by atoms with Gasteiger partial charge in [0.25, 0.3) is 5.91 Å². The van der Waals surface area contributed by atoms with E-state index >= 15 is 0 Å². The summed E-state index contributed by atoms with van der Waals surface area (Å²) in [5.74, 6) is -0.317. The molecule has 34 heavy (non-hydrogen) atoms. The second-order valence-corrected chi connectivity index (χ2v) is 8.60. The molecule has 178 valence electrons. The highest BCUT2D eigenvalue weighted by atomic mass is 79.9. The number of hydrogen-bond acceptors (Lipinski definition) is 5. The van der Waals surface area contributed by atoms with E-state index in [0.717, 1.165) is 22.2 Å². The van der Waals surface area contributed by atoms with Crippen molar-refractivity contribution in [1.29, 1.82) is 0 Å². The lowest BCUT2D eigenvalue weighted by Crippen LogP contribution is -2.28. The standard InChI is InChI=1S/C23H20BrF3N4O3/c1-13-21(28-22(32)20-11-19(30-34-20)15-5-3-7-17(24)9-15)14(2)31(29-13)12-33-18-8-4-6-16(10-18)23(25,26)27/h3-10,20H,11-12H2,1-2H3,(H,28,32). The van der Waals surface area contributed by atoms with Crippen LogP contribution < -0.4 is 10.1 Å². The predicted molar refractivity (Wildman–Crippen MR) is 123 cm³/mol. The molecule has 0 saturated carbocycles. The van der Waals surface area contributed by atoms with E-state index in [9.17, 15) is 18.0 Å². The number of nitrogens with zero attached hydrogens (tertiary/aromatic N) is 3. The molecule has 7 nitrogen and oxygen atoms in total. The largest absolute Gasteiger partial charge is 0.471 e. The Morgan fingerprint density at radius 2 is 2.00 bits per heavy atom. The van der Waals surface area contributed by atoms with Gasteiger partial charge in [0.15, 0.2) is 6.73 Å². The minimum absolute atomic E-state index is 0.0598. The first-order valence-corrected chi connectivity index (χ1v) is 11.0. The van der Waals surface area contributed by atoms with Crippen LogP contribution in [0.1, 0.15) is 28.9 Å². The van der Waals surface area contributed by atoms with Gasteiger partial charge in [0.1, 0.15) is 5.75 Å². The Kier molecular flexibility index (Phi) is 6.65. The smallest absolute Gasteiger partial charge is 0.416 e. The maximum atomic E-state index is 12.9. The molecular weight excluding hydrogens is 517 g/mol. The van der Waals surface area contributed by atoms with Crippen molar-refractivity contribution in [2.75, 3.05) is 5.32 Å². The third-order valence-corrected chi connectivity index (χ3v) is 5.76. The number of hydrogen-bond donors (Lipinski definition) is 1. The van der Waals surface area contributed by atoms with Gasteiger partial charge in [0.2, 0.25) is 6.10 Å². The van der Waals surface area contributed by atoms with E-state index < -0.39 is 17.8 Å². The molecule has 1 unspecified atom stereocenters. The number of ether oxygens (including phenoxy) is 1. The molecule has 1 amide bonds. The molecule has 2 heterocycles. The molecule has 1 aromatic heterocycles. The van der Waals surface area contributed by atoms with Crippen LogP contribution in [0.4, 0.5) is 18.9 Å². The zero-order valence-corrected chi connectivity index (χ0v) is 19.8. The van der Waals surface area contributed by atoms with Gasteiger partial charge in [0.05, 0.1) is 28.4 Å². The quantitative estimate of drug-likeness (QED) is 0.454. The Bertz CT molecular complexity index is 1260. The number of rotatable bonds is 6. The van der Waals surface area contributed by atoms with Crippen LogP contribution >= 0.6 is 15.9 Å². The first kappa shape index (κ1) is 23.8. The fourth-order valence-corrected chi connectivity index (χ4v) is 3.86. The molecule has 0 fully saturated rings. The first-order valence-electron chi connectivity index (χ1n) is 10.3. The van der Waals surface area contributed by atoms with Crippen molar-refractivity contribution in [2.24, 2.45) is 5.16 Å². The predicted octanol–water partition coefficient (Wildman–Crippen LogP) is 5.45. The minimum Gasteiger partial charge on any atom is -0.471 e. The van der Waals surface area contributed by atoms with E-state index in [0.29, 0.717) is 29.2 Å². The molecule has 0 radical (unpaired) electrons. The Balaban J connectivity index is 1.40. The Morgan fingerprint density at radius 1 is 1.24 bits per heavy atom. The highest BCUT2D eigenvalue weighted by Gasteiger charge is 2.31. The molecule has 3 aromatic rings. The second kappa shape index (κ2) is 9.49. The van der Waals surface area contributed by atoms with Crippen LogP contribution in [0.3, 0.4) is 0 Å². The molecule has 1 aliphatic heterocycles. The van der Waals surface area contributed by atoms with Crippen molar-refractivity contribution >= 4 is 33.2 Å². The molecule has 11 heteroatoms. The molecular formula is C23H20BrF3N4O3. The molecule has 0 spiro atoms. The van der Waals surface area contributed by atoms with Crippen LogP contribution in [0.25, 0.3) is 0 Å². The molecule has 1 N–H and O–H groups in total. The topological polar surface area (TPSA) is 77.7 Å². The number of anilines is 1. The summed E-state index contributed by atoms with van der Waals surface area (Å²) in [6.07, 6.45) is -4.94. The van der Waals surface area contributed by atoms with Crippen molar-refractivity contribution in [1.82, 2.24) is 9.78 Å². The number of aryl methyl sites for hydroxylation is 1. The number of oxime groups is 1. The molecule has 4 rings (SSSR count). The minimum atomic E-state index is -4.46. The number of nitrogens with one attached hydrogen (secondary N) is 1. The zero-order valence-electron chi connectivity index (χ0n) is 18.2. The summed E-state index contributed by atoms with van der Waals surface area (Å²) in [5, 5.41) is 11.2. The Morgan fingerprint density at radius 3 is 2.74 bits per heavy atom. The molecule has 0 bridgehead atoms. The number of carbonyl (C=O) groups is 1. The van der Waals surface area contributed by atoms with Gasteiger partial charge in [-0.3, -0.25) is 4.79 Å². The van der Waals surface area contributed by atoms with Gasteiger partial charge in [-0.25, -0.2) is 4.68 Å². The maximum absolute atomic E-state index is 12.9. The highest BCUT2D eigenvalue weighted by Crippen LogP contribution is 2.31. The van der Waals surface area contributed by atoms with Gasteiger partial charge in [-0.2, -0.15) is 18.3 Å². The Hall–Kier alpha value is -3.34. The van der Waals surface area contributed by atoms with E-state index in [4.69, 9.17) is 9.57 Å². The first-order chi connectivity index (χ1) is 16.1. The van der Waals surface area contributed by atoms with E-state index in [2.05, 4.69) is 31.5 Å². The monoisotopic (exact) mass is 536 g/mol. The lowest BCUT2D eigenvalue weighted by Gasteiger charge is -2.12. The van der Waals surface area contributed by atoms with Crippen LogP contribution in [-0.4, -0.2) is 27.5 Å². The van der Waals surface area contributed by atoms with Crippen molar-refractivity contribution < 1.29 is 27.5 Å². The fraction of sp³-hybridized carbons (Fsp3) is 0.261. The fourth-order valence-electron chi connectivity index (χ4n) is 3.46. The number of amides is 1. The molecule has 2 aromatic carbocycles. The van der Waals surface area contributed by atoms with Crippen molar-refractivity contribution in [3.8, 4) is 5.75 Å². The van der Waals surface area contributed by atoms with Crippen LogP contribution in [0.2, 0.25) is 0 Å².